The zero-order valence-electron chi connectivity index (χ0n) is 18.1. The summed E-state index contributed by atoms with van der Waals surface area (Å²) in [5, 5.41) is 21.5. The van der Waals surface area contributed by atoms with Crippen LogP contribution in [0.2, 0.25) is 0 Å². The molecule has 1 aliphatic heterocycles. The lowest BCUT2D eigenvalue weighted by Gasteiger charge is -2.26. The normalized spacial score (nSPS) is 18.3. The number of Topliss-reactive ketones (excluding diaryl/α,β-unsaturated/α-hetero) is 1. The van der Waals surface area contributed by atoms with Crippen LogP contribution in [-0.2, 0) is 9.59 Å². The van der Waals surface area contributed by atoms with Gasteiger partial charge in [-0.05, 0) is 81.9 Å². The number of aliphatic hydroxyl groups is 1. The molecule has 0 saturated carbocycles. The van der Waals surface area contributed by atoms with Crippen LogP contribution in [0.25, 0.3) is 5.76 Å². The van der Waals surface area contributed by atoms with Crippen molar-refractivity contribution in [2.45, 2.75) is 26.3 Å². The SMILES string of the molecule is Cc1cc(O)c(C(O)=C2C(=O)C(=O)N(CCCN(C)C)C2c2cccc(F)c2)cc1C. The summed E-state index contributed by atoms with van der Waals surface area (Å²) >= 11 is 0. The number of aliphatic hydroxyl groups excluding tert-OH is 1. The first-order valence-electron chi connectivity index (χ1n) is 10.1. The fourth-order valence-corrected chi connectivity index (χ4v) is 3.83. The molecule has 1 fully saturated rings. The first-order valence-corrected chi connectivity index (χ1v) is 10.1. The Balaban J connectivity index is 2.16. The third-order valence-corrected chi connectivity index (χ3v) is 5.58. The Kier molecular flexibility index (Phi) is 6.45. The number of hydrogen-bond donors (Lipinski definition) is 2. The molecule has 0 aromatic heterocycles. The molecule has 2 N–H and O–H groups in total. The number of rotatable bonds is 6. The van der Waals surface area contributed by atoms with Crippen LogP contribution in [0, 0.1) is 19.7 Å². The molecule has 1 saturated heterocycles. The number of ketones is 1. The number of phenols is 1. The number of aryl methyl sites for hydroxylation is 2. The Morgan fingerprint density at radius 3 is 2.45 bits per heavy atom. The molecule has 164 valence electrons. The maximum absolute atomic E-state index is 14.0. The van der Waals surface area contributed by atoms with Crippen LogP contribution in [0.3, 0.4) is 0 Å². The highest BCUT2D eigenvalue weighted by atomic mass is 19.1. The third-order valence-electron chi connectivity index (χ3n) is 5.58. The van der Waals surface area contributed by atoms with E-state index < -0.39 is 29.3 Å². The van der Waals surface area contributed by atoms with Crippen LogP contribution in [0.5, 0.6) is 5.75 Å². The van der Waals surface area contributed by atoms with Crippen molar-refractivity contribution in [3.63, 3.8) is 0 Å². The molecule has 1 atom stereocenters. The fourth-order valence-electron chi connectivity index (χ4n) is 3.83. The van der Waals surface area contributed by atoms with Crippen molar-refractivity contribution in [1.29, 1.82) is 0 Å². The monoisotopic (exact) mass is 426 g/mol. The number of aromatic hydroxyl groups is 1. The van der Waals surface area contributed by atoms with E-state index in [1.807, 2.05) is 32.8 Å². The number of likely N-dealkylation sites (tertiary alicyclic amines) is 1. The Morgan fingerprint density at radius 1 is 1.13 bits per heavy atom. The van der Waals surface area contributed by atoms with E-state index in [0.29, 0.717) is 18.5 Å². The van der Waals surface area contributed by atoms with E-state index in [1.54, 1.807) is 12.1 Å². The summed E-state index contributed by atoms with van der Waals surface area (Å²) in [6.07, 6.45) is 0.598. The van der Waals surface area contributed by atoms with Gasteiger partial charge in [-0.1, -0.05) is 12.1 Å². The van der Waals surface area contributed by atoms with E-state index in [2.05, 4.69) is 0 Å². The molecule has 7 heteroatoms. The number of nitrogens with zero attached hydrogens (tertiary/aromatic N) is 2. The van der Waals surface area contributed by atoms with Gasteiger partial charge >= 0.3 is 0 Å². The number of hydrogen-bond acceptors (Lipinski definition) is 5. The van der Waals surface area contributed by atoms with Gasteiger partial charge in [-0.3, -0.25) is 9.59 Å². The van der Waals surface area contributed by atoms with Crippen molar-refractivity contribution >= 4 is 17.4 Å². The number of amides is 1. The van der Waals surface area contributed by atoms with Gasteiger partial charge in [-0.25, -0.2) is 4.39 Å². The summed E-state index contributed by atoms with van der Waals surface area (Å²) in [6.45, 7) is 4.58. The lowest BCUT2D eigenvalue weighted by atomic mass is 9.93. The average Bonchev–Trinajstić information content (AvgIpc) is 2.95. The molecular formula is C24H27FN2O4. The summed E-state index contributed by atoms with van der Waals surface area (Å²) < 4.78 is 14.0. The molecule has 2 aromatic rings. The standard InChI is InChI=1S/C24H27FN2O4/c1-14-11-18(19(28)12-15(14)2)22(29)20-21(16-7-5-8-17(25)13-16)27(24(31)23(20)30)10-6-9-26(3)4/h5,7-8,11-13,21,28-29H,6,9-10H2,1-4H3. The quantitative estimate of drug-likeness (QED) is 0.420. The van der Waals surface area contributed by atoms with Gasteiger partial charge in [0.05, 0.1) is 17.2 Å². The third kappa shape index (κ3) is 4.46. The van der Waals surface area contributed by atoms with Crippen LogP contribution < -0.4 is 0 Å². The minimum Gasteiger partial charge on any atom is -0.507 e. The van der Waals surface area contributed by atoms with E-state index in [0.717, 1.165) is 11.1 Å². The highest BCUT2D eigenvalue weighted by Gasteiger charge is 2.46. The minimum absolute atomic E-state index is 0.0656. The Morgan fingerprint density at radius 2 is 1.81 bits per heavy atom. The summed E-state index contributed by atoms with van der Waals surface area (Å²) in [5.41, 5.74) is 1.92. The van der Waals surface area contributed by atoms with Crippen LogP contribution in [-0.4, -0.2) is 58.9 Å². The van der Waals surface area contributed by atoms with Crippen LogP contribution >= 0.6 is 0 Å². The zero-order chi connectivity index (χ0) is 22.9. The van der Waals surface area contributed by atoms with Gasteiger partial charge in [0, 0.05) is 6.54 Å². The van der Waals surface area contributed by atoms with Crippen LogP contribution in [0.15, 0.2) is 42.0 Å². The molecule has 1 aliphatic rings. The van der Waals surface area contributed by atoms with Crippen LogP contribution in [0.1, 0.15) is 34.7 Å². The zero-order valence-corrected chi connectivity index (χ0v) is 18.1. The molecule has 3 rings (SSSR count). The molecule has 1 heterocycles. The number of phenolic OH excluding ortho intramolecular Hbond substituents is 1. The van der Waals surface area contributed by atoms with E-state index in [1.165, 1.54) is 29.2 Å². The predicted octanol–water partition coefficient (Wildman–Crippen LogP) is 3.52. The Labute approximate surface area is 181 Å². The number of carbonyl (C=O) groups is 2. The molecule has 1 unspecified atom stereocenters. The van der Waals surface area contributed by atoms with Gasteiger partial charge in [-0.15, -0.1) is 0 Å². The smallest absolute Gasteiger partial charge is 0.295 e. The Bertz CT molecular complexity index is 1060. The summed E-state index contributed by atoms with van der Waals surface area (Å²) in [6, 6.07) is 7.76. The highest BCUT2D eigenvalue weighted by molar-refractivity contribution is 6.46. The van der Waals surface area contributed by atoms with E-state index in [4.69, 9.17) is 0 Å². The molecular weight excluding hydrogens is 399 g/mol. The summed E-state index contributed by atoms with van der Waals surface area (Å²) in [5.74, 6) is -2.78. The number of halogens is 1. The summed E-state index contributed by atoms with van der Waals surface area (Å²) in [4.78, 5) is 29.2. The van der Waals surface area contributed by atoms with Gasteiger partial charge in [0.15, 0.2) is 0 Å². The topological polar surface area (TPSA) is 81.1 Å². The predicted molar refractivity (Wildman–Crippen MR) is 116 cm³/mol. The lowest BCUT2D eigenvalue weighted by molar-refractivity contribution is -0.139. The average molecular weight is 426 g/mol. The van der Waals surface area contributed by atoms with E-state index in [-0.39, 0.29) is 23.4 Å². The van der Waals surface area contributed by atoms with Crippen LogP contribution in [0.4, 0.5) is 4.39 Å². The van der Waals surface area contributed by atoms with Crippen molar-refractivity contribution in [1.82, 2.24) is 9.80 Å². The second-order valence-electron chi connectivity index (χ2n) is 8.16. The molecule has 0 aliphatic carbocycles. The number of carbonyl (C=O) groups excluding carboxylic acids is 2. The molecule has 0 bridgehead atoms. The molecule has 6 nitrogen and oxygen atoms in total. The molecule has 1 amide bonds. The van der Waals surface area contributed by atoms with Gasteiger partial charge in [-0.2, -0.15) is 0 Å². The largest absolute Gasteiger partial charge is 0.507 e. The van der Waals surface area contributed by atoms with Gasteiger partial charge < -0.3 is 20.0 Å². The first-order chi connectivity index (χ1) is 14.6. The molecule has 31 heavy (non-hydrogen) atoms. The Hall–Kier alpha value is -3.19. The van der Waals surface area contributed by atoms with Gasteiger partial charge in [0.2, 0.25) is 0 Å². The second-order valence-corrected chi connectivity index (χ2v) is 8.16. The van der Waals surface area contributed by atoms with Crippen molar-refractivity contribution in [3.8, 4) is 5.75 Å². The number of benzene rings is 2. The van der Waals surface area contributed by atoms with Gasteiger partial charge in [0.25, 0.3) is 11.7 Å². The van der Waals surface area contributed by atoms with Crippen molar-refractivity contribution in [2.75, 3.05) is 27.2 Å². The van der Waals surface area contributed by atoms with Crippen molar-refractivity contribution in [3.05, 3.63) is 70.0 Å². The van der Waals surface area contributed by atoms with Gasteiger partial charge in [0.1, 0.15) is 17.3 Å². The fraction of sp³-hybridized carbons (Fsp3) is 0.333. The molecule has 0 spiro atoms. The maximum atomic E-state index is 14.0. The van der Waals surface area contributed by atoms with E-state index in [9.17, 15) is 24.2 Å². The molecule has 2 aromatic carbocycles. The minimum atomic E-state index is -0.945. The first kappa shape index (κ1) is 22.5. The van der Waals surface area contributed by atoms with Crippen molar-refractivity contribution in [2.24, 2.45) is 0 Å². The van der Waals surface area contributed by atoms with E-state index >= 15 is 0 Å². The highest BCUT2D eigenvalue weighted by Crippen LogP contribution is 2.41. The second kappa shape index (κ2) is 8.89. The molecule has 0 radical (unpaired) electrons. The lowest BCUT2D eigenvalue weighted by Crippen LogP contribution is -2.32. The van der Waals surface area contributed by atoms with Crippen molar-refractivity contribution < 1.29 is 24.2 Å². The summed E-state index contributed by atoms with van der Waals surface area (Å²) in [7, 11) is 3.81. The maximum Gasteiger partial charge on any atom is 0.295 e.